The molecule has 0 saturated carbocycles. The van der Waals surface area contributed by atoms with Crippen LogP contribution < -0.4 is 5.32 Å². The fourth-order valence-corrected chi connectivity index (χ4v) is 1.77. The standard InChI is InChI=1S/C13H15N3O3/c1-14-12-10(7-17)19-9-5-4-8(15-13(9)12)6-11(18)16(2)3/h4-5,7,14H,6H2,1-3H3. The van der Waals surface area contributed by atoms with Crippen LogP contribution in [0, 0.1) is 0 Å². The van der Waals surface area contributed by atoms with Gasteiger partial charge in [-0.1, -0.05) is 0 Å². The van der Waals surface area contributed by atoms with Crippen molar-refractivity contribution in [3.63, 3.8) is 0 Å². The fraction of sp³-hybridized carbons (Fsp3) is 0.308. The molecule has 0 unspecified atom stereocenters. The molecule has 2 heterocycles. The van der Waals surface area contributed by atoms with Crippen LogP contribution in [0.25, 0.3) is 11.1 Å². The molecule has 0 aliphatic heterocycles. The van der Waals surface area contributed by atoms with E-state index in [0.717, 1.165) is 0 Å². The SMILES string of the molecule is CNc1c(C=O)oc2ccc(CC(=O)N(C)C)nc12. The van der Waals surface area contributed by atoms with E-state index >= 15 is 0 Å². The van der Waals surface area contributed by atoms with E-state index in [1.807, 2.05) is 0 Å². The summed E-state index contributed by atoms with van der Waals surface area (Å²) in [6, 6.07) is 3.44. The summed E-state index contributed by atoms with van der Waals surface area (Å²) in [5, 5.41) is 2.89. The fourth-order valence-electron chi connectivity index (χ4n) is 1.77. The van der Waals surface area contributed by atoms with Crippen LogP contribution in [0.3, 0.4) is 0 Å². The first-order chi connectivity index (χ1) is 9.06. The number of furan rings is 1. The van der Waals surface area contributed by atoms with Crippen molar-refractivity contribution in [2.45, 2.75) is 6.42 Å². The molecule has 0 aliphatic carbocycles. The lowest BCUT2D eigenvalue weighted by Gasteiger charge is -2.09. The molecule has 2 aromatic rings. The number of likely N-dealkylation sites (N-methyl/N-ethyl adjacent to an activating group) is 1. The lowest BCUT2D eigenvalue weighted by atomic mass is 10.2. The molecule has 0 saturated heterocycles. The highest BCUT2D eigenvalue weighted by Crippen LogP contribution is 2.28. The Morgan fingerprint density at radius 1 is 1.47 bits per heavy atom. The summed E-state index contributed by atoms with van der Waals surface area (Å²) in [6.07, 6.45) is 0.853. The minimum atomic E-state index is -0.0306. The van der Waals surface area contributed by atoms with E-state index in [4.69, 9.17) is 4.42 Å². The van der Waals surface area contributed by atoms with Gasteiger partial charge in [0.15, 0.2) is 17.6 Å². The van der Waals surface area contributed by atoms with Crippen molar-refractivity contribution in [3.05, 3.63) is 23.6 Å². The third-order valence-corrected chi connectivity index (χ3v) is 2.81. The van der Waals surface area contributed by atoms with Crippen molar-refractivity contribution in [3.8, 4) is 0 Å². The predicted octanol–water partition coefficient (Wildman–Crippen LogP) is 1.31. The van der Waals surface area contributed by atoms with Crippen molar-refractivity contribution < 1.29 is 14.0 Å². The zero-order valence-electron chi connectivity index (χ0n) is 11.1. The number of fused-ring (bicyclic) bond motifs is 1. The number of aldehydes is 1. The minimum absolute atomic E-state index is 0.0306. The Bertz CT molecular complexity index is 631. The zero-order chi connectivity index (χ0) is 14.0. The number of carbonyl (C=O) groups is 2. The summed E-state index contributed by atoms with van der Waals surface area (Å²) in [7, 11) is 5.08. The first-order valence-corrected chi connectivity index (χ1v) is 5.82. The van der Waals surface area contributed by atoms with E-state index in [1.54, 1.807) is 33.3 Å². The molecule has 6 nitrogen and oxygen atoms in total. The van der Waals surface area contributed by atoms with Gasteiger partial charge in [0.1, 0.15) is 11.2 Å². The topological polar surface area (TPSA) is 75.4 Å². The smallest absolute Gasteiger partial charge is 0.228 e. The Hall–Kier alpha value is -2.37. The van der Waals surface area contributed by atoms with E-state index in [-0.39, 0.29) is 18.1 Å². The van der Waals surface area contributed by atoms with Crippen LogP contribution in [0.4, 0.5) is 5.69 Å². The normalized spacial score (nSPS) is 10.5. The number of amides is 1. The molecule has 6 heteroatoms. The molecule has 1 N–H and O–H groups in total. The Morgan fingerprint density at radius 2 is 2.21 bits per heavy atom. The molecule has 0 fully saturated rings. The van der Waals surface area contributed by atoms with E-state index in [1.165, 1.54) is 4.90 Å². The summed E-state index contributed by atoms with van der Waals surface area (Å²) >= 11 is 0. The summed E-state index contributed by atoms with van der Waals surface area (Å²) in [5.74, 6) is 0.179. The third-order valence-electron chi connectivity index (χ3n) is 2.81. The maximum absolute atomic E-state index is 11.7. The number of aromatic nitrogens is 1. The van der Waals surface area contributed by atoms with Gasteiger partial charge in [-0.05, 0) is 12.1 Å². The van der Waals surface area contributed by atoms with Crippen molar-refractivity contribution in [1.82, 2.24) is 9.88 Å². The maximum Gasteiger partial charge on any atom is 0.228 e. The lowest BCUT2D eigenvalue weighted by molar-refractivity contribution is -0.128. The highest BCUT2D eigenvalue weighted by molar-refractivity contribution is 5.97. The number of anilines is 1. The number of carbonyl (C=O) groups excluding carboxylic acids is 2. The quantitative estimate of drug-likeness (QED) is 0.840. The molecule has 0 aromatic carbocycles. The molecule has 0 atom stereocenters. The molecule has 2 rings (SSSR count). The molecular formula is C13H15N3O3. The van der Waals surface area contributed by atoms with Crippen LogP contribution in [-0.2, 0) is 11.2 Å². The summed E-state index contributed by atoms with van der Waals surface area (Å²) in [5.41, 5.74) is 2.27. The lowest BCUT2D eigenvalue weighted by Crippen LogP contribution is -2.23. The molecule has 0 radical (unpaired) electrons. The van der Waals surface area contributed by atoms with Gasteiger partial charge in [-0.25, -0.2) is 4.98 Å². The predicted molar refractivity (Wildman–Crippen MR) is 71.3 cm³/mol. The van der Waals surface area contributed by atoms with Gasteiger partial charge in [-0.15, -0.1) is 0 Å². The largest absolute Gasteiger partial charge is 0.449 e. The molecule has 1 amide bonds. The van der Waals surface area contributed by atoms with Gasteiger partial charge in [0.25, 0.3) is 0 Å². The highest BCUT2D eigenvalue weighted by Gasteiger charge is 2.15. The zero-order valence-corrected chi connectivity index (χ0v) is 11.1. The molecule has 0 bridgehead atoms. The molecule has 0 spiro atoms. The molecular weight excluding hydrogens is 246 g/mol. The van der Waals surface area contributed by atoms with E-state index in [9.17, 15) is 9.59 Å². The average molecular weight is 261 g/mol. The van der Waals surface area contributed by atoms with Crippen LogP contribution in [0.1, 0.15) is 16.2 Å². The van der Waals surface area contributed by atoms with Crippen LogP contribution in [-0.4, -0.2) is 43.2 Å². The number of pyridine rings is 1. The summed E-state index contributed by atoms with van der Waals surface area (Å²) in [4.78, 5) is 28.4. The summed E-state index contributed by atoms with van der Waals surface area (Å²) < 4.78 is 5.36. The van der Waals surface area contributed by atoms with E-state index < -0.39 is 0 Å². The molecule has 100 valence electrons. The Balaban J connectivity index is 2.44. The molecule has 19 heavy (non-hydrogen) atoms. The number of nitrogens with one attached hydrogen (secondary N) is 1. The van der Waals surface area contributed by atoms with Crippen molar-refractivity contribution >= 4 is 29.0 Å². The minimum Gasteiger partial charge on any atom is -0.449 e. The third kappa shape index (κ3) is 2.42. The second kappa shape index (κ2) is 5.09. The van der Waals surface area contributed by atoms with Gasteiger partial charge in [0.2, 0.25) is 5.91 Å². The second-order valence-electron chi connectivity index (χ2n) is 4.32. The van der Waals surface area contributed by atoms with Gasteiger partial charge in [-0.2, -0.15) is 0 Å². The van der Waals surface area contributed by atoms with Gasteiger partial charge >= 0.3 is 0 Å². The van der Waals surface area contributed by atoms with Gasteiger partial charge in [-0.3, -0.25) is 9.59 Å². The maximum atomic E-state index is 11.7. The number of nitrogens with zero attached hydrogens (tertiary/aromatic N) is 2. The Kier molecular flexibility index (Phi) is 3.50. The van der Waals surface area contributed by atoms with Crippen molar-refractivity contribution in [1.29, 1.82) is 0 Å². The van der Waals surface area contributed by atoms with Crippen LogP contribution in [0.15, 0.2) is 16.5 Å². The van der Waals surface area contributed by atoms with Gasteiger partial charge in [0.05, 0.1) is 12.1 Å². The monoisotopic (exact) mass is 261 g/mol. The number of rotatable bonds is 4. The first kappa shape index (κ1) is 13.1. The molecule has 0 aliphatic rings. The van der Waals surface area contributed by atoms with Crippen molar-refractivity contribution in [2.24, 2.45) is 0 Å². The Morgan fingerprint density at radius 3 is 2.79 bits per heavy atom. The van der Waals surface area contributed by atoms with Crippen LogP contribution >= 0.6 is 0 Å². The van der Waals surface area contributed by atoms with Crippen LogP contribution in [0.2, 0.25) is 0 Å². The summed E-state index contributed by atoms with van der Waals surface area (Å²) in [6.45, 7) is 0. The number of hydrogen-bond acceptors (Lipinski definition) is 5. The molecule has 2 aromatic heterocycles. The van der Waals surface area contributed by atoms with Gasteiger partial charge < -0.3 is 14.6 Å². The average Bonchev–Trinajstić information content (AvgIpc) is 2.75. The van der Waals surface area contributed by atoms with E-state index in [2.05, 4.69) is 10.3 Å². The van der Waals surface area contributed by atoms with Gasteiger partial charge in [0, 0.05) is 21.1 Å². The first-order valence-electron chi connectivity index (χ1n) is 5.82. The van der Waals surface area contributed by atoms with Crippen LogP contribution in [0.5, 0.6) is 0 Å². The Labute approximate surface area is 110 Å². The van der Waals surface area contributed by atoms with Crippen molar-refractivity contribution in [2.75, 3.05) is 26.5 Å². The second-order valence-corrected chi connectivity index (χ2v) is 4.32. The van der Waals surface area contributed by atoms with E-state index in [0.29, 0.717) is 28.8 Å². The number of hydrogen-bond donors (Lipinski definition) is 1. The highest BCUT2D eigenvalue weighted by atomic mass is 16.3.